The summed E-state index contributed by atoms with van der Waals surface area (Å²) < 4.78 is 28.0. The smallest absolute Gasteiger partial charge is 0.336 e. The Morgan fingerprint density at radius 1 is 1.00 bits per heavy atom. The van der Waals surface area contributed by atoms with Crippen LogP contribution < -0.4 is 19.5 Å². The number of methoxy groups -OCH3 is 3. The number of hydrogen-bond donors (Lipinski definition) is 1. The molecule has 1 N–H and O–H groups in total. The van der Waals surface area contributed by atoms with E-state index in [2.05, 4.69) is 5.32 Å². The van der Waals surface area contributed by atoms with E-state index in [1.807, 2.05) is 43.3 Å². The van der Waals surface area contributed by atoms with Gasteiger partial charge in [0, 0.05) is 41.8 Å². The van der Waals surface area contributed by atoms with E-state index < -0.39 is 11.9 Å². The molecule has 3 atom stereocenters. The Balaban J connectivity index is 1.55. The summed E-state index contributed by atoms with van der Waals surface area (Å²) in [6.45, 7) is 2.72. The van der Waals surface area contributed by atoms with Gasteiger partial charge < -0.3 is 29.0 Å². The Labute approximate surface area is 228 Å². The average Bonchev–Trinajstić information content (AvgIpc) is 3.48. The number of ether oxygens (including phenoxy) is 5. The Bertz CT molecular complexity index is 1320. The van der Waals surface area contributed by atoms with Crippen molar-refractivity contribution in [2.75, 3.05) is 34.5 Å². The number of esters is 1. The molecule has 206 valence electrons. The highest BCUT2D eigenvalue weighted by atomic mass is 16.6. The minimum Gasteiger partial charge on any atom is -0.496 e. The molecule has 2 aliphatic heterocycles. The molecule has 0 spiro atoms. The summed E-state index contributed by atoms with van der Waals surface area (Å²) in [4.78, 5) is 27.5. The summed E-state index contributed by atoms with van der Waals surface area (Å²) in [5, 5.41) is 3.41. The van der Waals surface area contributed by atoms with Crippen molar-refractivity contribution in [3.8, 4) is 17.2 Å². The average molecular weight is 534 g/mol. The number of ketones is 1. The van der Waals surface area contributed by atoms with Crippen molar-refractivity contribution in [2.24, 2.45) is 0 Å². The first-order valence-corrected chi connectivity index (χ1v) is 13.3. The molecule has 1 saturated heterocycles. The normalized spacial score (nSPS) is 22.8. The van der Waals surface area contributed by atoms with E-state index in [9.17, 15) is 9.59 Å². The summed E-state index contributed by atoms with van der Waals surface area (Å²) >= 11 is 0. The van der Waals surface area contributed by atoms with Crippen molar-refractivity contribution in [2.45, 2.75) is 50.5 Å². The fourth-order valence-electron chi connectivity index (χ4n) is 5.92. The SMILES string of the molecule is COc1ccc([C@H]2C(C(=O)OC[C@@H]3CCCO3)=C(C)NC3=C2C(=O)C[C@@H](c2ccccc2OC)C3)cc1OC. The van der Waals surface area contributed by atoms with Crippen LogP contribution in [0.4, 0.5) is 0 Å². The standard InChI is InChI=1S/C31H35NO7/c1-18-28(31(34)39-17-21-8-7-13-38-21)29(19-11-12-26(36-3)27(16-19)37-4)30-23(32-18)14-20(15-24(30)33)22-9-5-6-10-25(22)35-2/h5-6,9-12,16,20-21,29,32H,7-8,13-15,17H2,1-4H3/t20-,21-,29-/m0/s1. The Morgan fingerprint density at radius 3 is 2.49 bits per heavy atom. The Hall–Kier alpha value is -3.78. The first kappa shape index (κ1) is 26.8. The van der Waals surface area contributed by atoms with Crippen LogP contribution in [0.2, 0.25) is 0 Å². The van der Waals surface area contributed by atoms with Crippen LogP contribution in [0.1, 0.15) is 55.6 Å². The lowest BCUT2D eigenvalue weighted by atomic mass is 9.71. The van der Waals surface area contributed by atoms with Crippen molar-refractivity contribution in [1.82, 2.24) is 5.32 Å². The lowest BCUT2D eigenvalue weighted by Crippen LogP contribution is -2.36. The maximum Gasteiger partial charge on any atom is 0.336 e. The van der Waals surface area contributed by atoms with E-state index in [1.165, 1.54) is 0 Å². The molecule has 2 aromatic carbocycles. The summed E-state index contributed by atoms with van der Waals surface area (Å²) in [7, 11) is 4.78. The van der Waals surface area contributed by atoms with Gasteiger partial charge in [0.15, 0.2) is 17.3 Å². The zero-order valence-electron chi connectivity index (χ0n) is 22.9. The maximum atomic E-state index is 13.9. The van der Waals surface area contributed by atoms with Crippen molar-refractivity contribution in [1.29, 1.82) is 0 Å². The molecule has 0 radical (unpaired) electrons. The van der Waals surface area contributed by atoms with Crippen molar-refractivity contribution in [3.63, 3.8) is 0 Å². The second-order valence-electron chi connectivity index (χ2n) is 10.1. The van der Waals surface area contributed by atoms with Crippen LogP contribution in [-0.4, -0.2) is 52.4 Å². The molecule has 39 heavy (non-hydrogen) atoms. The van der Waals surface area contributed by atoms with Gasteiger partial charge in [-0.3, -0.25) is 4.79 Å². The van der Waals surface area contributed by atoms with Crippen LogP contribution in [0.25, 0.3) is 0 Å². The van der Waals surface area contributed by atoms with Gasteiger partial charge in [0.2, 0.25) is 0 Å². The number of carbonyl (C=O) groups excluding carboxylic acids is 2. The van der Waals surface area contributed by atoms with Crippen molar-refractivity contribution in [3.05, 3.63) is 76.1 Å². The molecule has 8 nitrogen and oxygen atoms in total. The largest absolute Gasteiger partial charge is 0.496 e. The summed E-state index contributed by atoms with van der Waals surface area (Å²) in [5.41, 5.74) is 4.24. The highest BCUT2D eigenvalue weighted by Gasteiger charge is 2.42. The molecule has 0 amide bonds. The number of allylic oxidation sites excluding steroid dienone is 3. The van der Waals surface area contributed by atoms with E-state index in [4.69, 9.17) is 23.7 Å². The van der Waals surface area contributed by atoms with E-state index >= 15 is 0 Å². The van der Waals surface area contributed by atoms with Gasteiger partial charge in [0.25, 0.3) is 0 Å². The maximum absolute atomic E-state index is 13.9. The number of para-hydroxylation sites is 1. The quantitative estimate of drug-likeness (QED) is 0.484. The predicted molar refractivity (Wildman–Crippen MR) is 145 cm³/mol. The van der Waals surface area contributed by atoms with Crippen LogP contribution in [0.3, 0.4) is 0 Å². The number of carbonyl (C=O) groups is 2. The van der Waals surface area contributed by atoms with Gasteiger partial charge in [-0.1, -0.05) is 24.3 Å². The van der Waals surface area contributed by atoms with Gasteiger partial charge in [-0.15, -0.1) is 0 Å². The number of Topliss-reactive ketones (excluding diaryl/α,β-unsaturated/α-hetero) is 1. The van der Waals surface area contributed by atoms with Crippen LogP contribution in [-0.2, 0) is 19.1 Å². The molecule has 0 aromatic heterocycles. The monoisotopic (exact) mass is 533 g/mol. The number of dihydropyridines is 1. The highest BCUT2D eigenvalue weighted by molar-refractivity contribution is 6.04. The number of hydrogen-bond acceptors (Lipinski definition) is 8. The number of rotatable bonds is 8. The number of benzene rings is 2. The van der Waals surface area contributed by atoms with E-state index in [-0.39, 0.29) is 24.4 Å². The van der Waals surface area contributed by atoms with Crippen LogP contribution in [0, 0.1) is 0 Å². The summed E-state index contributed by atoms with van der Waals surface area (Å²) in [6, 6.07) is 13.3. The fourth-order valence-corrected chi connectivity index (χ4v) is 5.92. The molecular weight excluding hydrogens is 498 g/mol. The Kier molecular flexibility index (Phi) is 7.93. The molecule has 2 heterocycles. The first-order valence-electron chi connectivity index (χ1n) is 13.3. The van der Waals surface area contributed by atoms with Crippen molar-refractivity contribution < 1.29 is 33.3 Å². The third-order valence-corrected chi connectivity index (χ3v) is 7.79. The van der Waals surface area contributed by atoms with Gasteiger partial charge in [-0.25, -0.2) is 4.79 Å². The topological polar surface area (TPSA) is 92.3 Å². The number of nitrogens with one attached hydrogen (secondary N) is 1. The molecule has 0 unspecified atom stereocenters. The van der Waals surface area contributed by atoms with Gasteiger partial charge in [0.05, 0.1) is 33.0 Å². The minimum absolute atomic E-state index is 0.0173. The van der Waals surface area contributed by atoms with Crippen molar-refractivity contribution >= 4 is 11.8 Å². The second kappa shape index (κ2) is 11.5. The van der Waals surface area contributed by atoms with E-state index in [0.29, 0.717) is 47.8 Å². The Morgan fingerprint density at radius 2 is 1.77 bits per heavy atom. The fraction of sp³-hybridized carbons (Fsp3) is 0.419. The molecule has 1 aliphatic carbocycles. The molecule has 0 bridgehead atoms. The lowest BCUT2D eigenvalue weighted by Gasteiger charge is -2.37. The second-order valence-corrected chi connectivity index (χ2v) is 10.1. The van der Waals surface area contributed by atoms with E-state index in [0.717, 1.165) is 35.4 Å². The zero-order valence-corrected chi connectivity index (χ0v) is 22.9. The molecule has 2 aromatic rings. The molecule has 3 aliphatic rings. The zero-order chi connectivity index (χ0) is 27.5. The molecular formula is C31H35NO7. The molecule has 8 heteroatoms. The summed E-state index contributed by atoms with van der Waals surface area (Å²) in [6.07, 6.45) is 2.64. The molecule has 0 saturated carbocycles. The van der Waals surface area contributed by atoms with Gasteiger partial charge in [0.1, 0.15) is 12.4 Å². The molecule has 1 fully saturated rings. The van der Waals surface area contributed by atoms with Gasteiger partial charge in [-0.2, -0.15) is 0 Å². The third kappa shape index (κ3) is 5.26. The van der Waals surface area contributed by atoms with Crippen LogP contribution >= 0.6 is 0 Å². The van der Waals surface area contributed by atoms with Gasteiger partial charge in [-0.05, 0) is 55.5 Å². The van der Waals surface area contributed by atoms with E-state index in [1.54, 1.807) is 27.4 Å². The molecule has 5 rings (SSSR count). The highest BCUT2D eigenvalue weighted by Crippen LogP contribution is 2.48. The van der Waals surface area contributed by atoms with Crippen LogP contribution in [0.15, 0.2) is 65.0 Å². The van der Waals surface area contributed by atoms with Gasteiger partial charge >= 0.3 is 5.97 Å². The first-order chi connectivity index (χ1) is 18.9. The summed E-state index contributed by atoms with van der Waals surface area (Å²) in [5.74, 6) is 0.723. The third-order valence-electron chi connectivity index (χ3n) is 7.79. The predicted octanol–water partition coefficient (Wildman–Crippen LogP) is 4.80. The lowest BCUT2D eigenvalue weighted by molar-refractivity contribution is -0.142. The minimum atomic E-state index is -0.607. The van der Waals surface area contributed by atoms with Crippen LogP contribution in [0.5, 0.6) is 17.2 Å².